The maximum Gasteiger partial charge on any atom is 0.225 e. The Hall–Kier alpha value is -1.35. The molecule has 3 nitrogen and oxygen atoms in total. The van der Waals surface area contributed by atoms with Crippen molar-refractivity contribution in [1.82, 2.24) is 4.90 Å². The summed E-state index contributed by atoms with van der Waals surface area (Å²) in [5.41, 5.74) is 2.48. The van der Waals surface area contributed by atoms with Crippen molar-refractivity contribution in [3.8, 4) is 0 Å². The van der Waals surface area contributed by atoms with Crippen LogP contribution in [0.25, 0.3) is 0 Å². The predicted molar refractivity (Wildman–Crippen MR) is 101 cm³/mol. The van der Waals surface area contributed by atoms with E-state index in [4.69, 9.17) is 0 Å². The number of carbonyl (C=O) groups excluding carboxylic acids is 1. The molecule has 3 rings (SSSR count). The van der Waals surface area contributed by atoms with E-state index in [1.54, 1.807) is 0 Å². The van der Waals surface area contributed by atoms with Gasteiger partial charge >= 0.3 is 0 Å². The minimum Gasteiger partial charge on any atom is -0.390 e. The molecule has 2 aliphatic rings. The highest BCUT2D eigenvalue weighted by molar-refractivity contribution is 5.80. The number of carbonyl (C=O) groups is 1. The van der Waals surface area contributed by atoms with Crippen molar-refractivity contribution in [3.05, 3.63) is 35.4 Å². The van der Waals surface area contributed by atoms with Gasteiger partial charge in [-0.2, -0.15) is 0 Å². The molecule has 138 valence electrons. The smallest absolute Gasteiger partial charge is 0.225 e. The first kappa shape index (κ1) is 18.4. The fourth-order valence-electron chi connectivity index (χ4n) is 4.53. The van der Waals surface area contributed by atoms with Gasteiger partial charge in [0.15, 0.2) is 0 Å². The molecule has 1 aromatic carbocycles. The molecule has 1 amide bonds. The highest BCUT2D eigenvalue weighted by Crippen LogP contribution is 2.39. The van der Waals surface area contributed by atoms with E-state index >= 15 is 0 Å². The number of nitrogens with zero attached hydrogens (tertiary/aromatic N) is 1. The van der Waals surface area contributed by atoms with Gasteiger partial charge in [0.2, 0.25) is 5.91 Å². The van der Waals surface area contributed by atoms with Crippen molar-refractivity contribution < 1.29 is 9.90 Å². The van der Waals surface area contributed by atoms with Gasteiger partial charge in [0, 0.05) is 19.0 Å². The van der Waals surface area contributed by atoms with Gasteiger partial charge in [-0.3, -0.25) is 4.79 Å². The highest BCUT2D eigenvalue weighted by atomic mass is 16.3. The number of aliphatic hydroxyl groups is 1. The summed E-state index contributed by atoms with van der Waals surface area (Å²) in [6.45, 7) is 10.4. The minimum absolute atomic E-state index is 0.0492. The summed E-state index contributed by atoms with van der Waals surface area (Å²) >= 11 is 0. The summed E-state index contributed by atoms with van der Waals surface area (Å²) in [5, 5.41) is 9.86. The van der Waals surface area contributed by atoms with Crippen LogP contribution in [0.5, 0.6) is 0 Å². The van der Waals surface area contributed by atoms with Crippen molar-refractivity contribution in [1.29, 1.82) is 0 Å². The lowest BCUT2D eigenvalue weighted by molar-refractivity contribution is -0.151. The number of amides is 1. The van der Waals surface area contributed by atoms with Gasteiger partial charge < -0.3 is 10.0 Å². The molecule has 1 aliphatic carbocycles. The zero-order chi connectivity index (χ0) is 18.2. The first-order chi connectivity index (χ1) is 11.7. The Labute approximate surface area is 152 Å². The molecule has 0 unspecified atom stereocenters. The lowest BCUT2D eigenvalue weighted by Crippen LogP contribution is -2.51. The maximum atomic E-state index is 12.5. The molecule has 25 heavy (non-hydrogen) atoms. The molecule has 0 atom stereocenters. The number of hydrogen-bond acceptors (Lipinski definition) is 2. The average molecular weight is 344 g/mol. The van der Waals surface area contributed by atoms with Crippen molar-refractivity contribution in [2.24, 2.45) is 11.8 Å². The average Bonchev–Trinajstić information content (AvgIpc) is 2.52. The van der Waals surface area contributed by atoms with Crippen LogP contribution in [0.3, 0.4) is 0 Å². The Morgan fingerprint density at radius 1 is 1.20 bits per heavy atom. The molecule has 1 aromatic rings. The maximum absolute atomic E-state index is 12.5. The Bertz CT molecular complexity index is 613. The zero-order valence-electron chi connectivity index (χ0n) is 16.2. The van der Waals surface area contributed by atoms with Crippen molar-refractivity contribution in [2.45, 2.75) is 70.8 Å². The van der Waals surface area contributed by atoms with E-state index in [2.05, 4.69) is 45.0 Å². The normalized spacial score (nSPS) is 27.9. The van der Waals surface area contributed by atoms with Crippen LogP contribution in [-0.4, -0.2) is 34.6 Å². The number of piperidine rings is 1. The van der Waals surface area contributed by atoms with Crippen LogP contribution in [0, 0.1) is 11.8 Å². The summed E-state index contributed by atoms with van der Waals surface area (Å²) in [6, 6.07) is 8.82. The predicted octanol–water partition coefficient (Wildman–Crippen LogP) is 3.93. The SMILES string of the molecule is CC1(O)CC(C(=O)N2CCC(Cc3ccccc3C(C)(C)C)CC2)C1. The van der Waals surface area contributed by atoms with Crippen LogP contribution >= 0.6 is 0 Å². The lowest BCUT2D eigenvalue weighted by Gasteiger charge is -2.43. The van der Waals surface area contributed by atoms with Crippen LogP contribution in [0.2, 0.25) is 0 Å². The first-order valence-corrected chi connectivity index (χ1v) is 9.75. The third-order valence-electron chi connectivity index (χ3n) is 5.98. The quantitative estimate of drug-likeness (QED) is 0.903. The number of benzene rings is 1. The second kappa shape index (κ2) is 6.75. The third kappa shape index (κ3) is 4.25. The molecular weight excluding hydrogens is 310 g/mol. The van der Waals surface area contributed by atoms with Crippen LogP contribution < -0.4 is 0 Å². The topological polar surface area (TPSA) is 40.5 Å². The van der Waals surface area contributed by atoms with Crippen molar-refractivity contribution in [2.75, 3.05) is 13.1 Å². The molecule has 0 aromatic heterocycles. The van der Waals surface area contributed by atoms with E-state index in [0.29, 0.717) is 18.8 Å². The molecule has 0 bridgehead atoms. The van der Waals surface area contributed by atoms with Gasteiger partial charge in [-0.25, -0.2) is 0 Å². The summed E-state index contributed by atoms with van der Waals surface area (Å²) < 4.78 is 0. The summed E-state index contributed by atoms with van der Waals surface area (Å²) in [4.78, 5) is 14.6. The second-order valence-electron chi connectivity index (χ2n) is 9.48. The van der Waals surface area contributed by atoms with Crippen molar-refractivity contribution >= 4 is 5.91 Å². The number of rotatable bonds is 3. The second-order valence-corrected chi connectivity index (χ2v) is 9.48. The van der Waals surface area contributed by atoms with Crippen LogP contribution in [0.15, 0.2) is 24.3 Å². The van der Waals surface area contributed by atoms with Gasteiger partial charge in [0.25, 0.3) is 0 Å². The van der Waals surface area contributed by atoms with Gasteiger partial charge in [0.05, 0.1) is 5.60 Å². The molecule has 0 spiro atoms. The Morgan fingerprint density at radius 2 is 1.80 bits per heavy atom. The van der Waals surface area contributed by atoms with E-state index in [-0.39, 0.29) is 17.2 Å². The molecule has 2 fully saturated rings. The van der Waals surface area contributed by atoms with Crippen molar-refractivity contribution in [3.63, 3.8) is 0 Å². The van der Waals surface area contributed by atoms with Gasteiger partial charge in [-0.05, 0) is 61.5 Å². The van der Waals surface area contributed by atoms with E-state index in [1.165, 1.54) is 11.1 Å². The molecule has 0 radical (unpaired) electrons. The molecular formula is C22H33NO2. The van der Waals surface area contributed by atoms with Gasteiger partial charge in [-0.1, -0.05) is 45.0 Å². The lowest BCUT2D eigenvalue weighted by atomic mass is 9.71. The summed E-state index contributed by atoms with van der Waals surface area (Å²) in [6.07, 6.45) is 4.56. The molecule has 1 saturated carbocycles. The van der Waals surface area contributed by atoms with E-state index in [1.807, 2.05) is 11.8 Å². The summed E-state index contributed by atoms with van der Waals surface area (Å²) in [7, 11) is 0. The number of hydrogen-bond donors (Lipinski definition) is 1. The fourth-order valence-corrected chi connectivity index (χ4v) is 4.53. The Morgan fingerprint density at radius 3 is 2.36 bits per heavy atom. The minimum atomic E-state index is -0.616. The monoisotopic (exact) mass is 343 g/mol. The van der Waals surface area contributed by atoms with Gasteiger partial charge in [-0.15, -0.1) is 0 Å². The number of likely N-dealkylation sites (tertiary alicyclic amines) is 1. The molecule has 3 heteroatoms. The molecule has 1 saturated heterocycles. The standard InChI is InChI=1S/C22H33NO2/c1-21(2,3)19-8-6-5-7-17(19)13-16-9-11-23(12-10-16)20(24)18-14-22(4,25)15-18/h5-8,16,18,25H,9-15H2,1-4H3. The largest absolute Gasteiger partial charge is 0.390 e. The van der Waals surface area contributed by atoms with Crippen LogP contribution in [0.1, 0.15) is 64.5 Å². The zero-order valence-corrected chi connectivity index (χ0v) is 16.2. The van der Waals surface area contributed by atoms with Crippen LogP contribution in [0.4, 0.5) is 0 Å². The Balaban J connectivity index is 1.55. The van der Waals surface area contributed by atoms with Crippen LogP contribution in [-0.2, 0) is 16.6 Å². The van der Waals surface area contributed by atoms with E-state index in [0.717, 1.165) is 32.4 Å². The van der Waals surface area contributed by atoms with E-state index in [9.17, 15) is 9.90 Å². The molecule has 1 heterocycles. The molecule has 1 N–H and O–H groups in total. The van der Waals surface area contributed by atoms with Gasteiger partial charge in [0.1, 0.15) is 0 Å². The molecule has 1 aliphatic heterocycles. The first-order valence-electron chi connectivity index (χ1n) is 9.75. The van der Waals surface area contributed by atoms with E-state index < -0.39 is 5.60 Å². The highest BCUT2D eigenvalue weighted by Gasteiger charge is 2.44. The Kier molecular flexibility index (Phi) is 4.98. The third-order valence-corrected chi connectivity index (χ3v) is 5.98. The summed E-state index contributed by atoms with van der Waals surface area (Å²) in [5.74, 6) is 0.977. The fraction of sp³-hybridized carbons (Fsp3) is 0.682.